The maximum Gasteiger partial charge on any atom is 0.322 e. The molecule has 2 aliphatic heterocycles. The molecule has 2 atom stereocenters. The zero-order valence-electron chi connectivity index (χ0n) is 21.7. The topological polar surface area (TPSA) is 65.1 Å². The average Bonchev–Trinajstić information content (AvgIpc) is 3.40. The van der Waals surface area contributed by atoms with Gasteiger partial charge in [-0.15, -0.1) is 11.3 Å². The molecule has 1 fully saturated rings. The number of benzene rings is 2. The summed E-state index contributed by atoms with van der Waals surface area (Å²) < 4.78 is 19.4. The Morgan fingerprint density at radius 2 is 1.95 bits per heavy atom. The Kier molecular flexibility index (Phi) is 7.95. The fourth-order valence-corrected chi connectivity index (χ4v) is 6.40. The SMILES string of the molecule is COc1ccccc1NC(=O)N1CCN(C(=O)CCN2CCc3sccc3[C@H]2c2cccc(F)c2)C[C@@H]1C. The van der Waals surface area contributed by atoms with Crippen molar-refractivity contribution in [3.05, 3.63) is 81.8 Å². The third-order valence-corrected chi connectivity index (χ3v) is 8.43. The van der Waals surface area contributed by atoms with E-state index in [1.807, 2.05) is 30.0 Å². The summed E-state index contributed by atoms with van der Waals surface area (Å²) in [5.41, 5.74) is 2.75. The number of carbonyl (C=O) groups excluding carboxylic acids is 2. The molecule has 0 aliphatic carbocycles. The third-order valence-electron chi connectivity index (χ3n) is 7.43. The lowest BCUT2D eigenvalue weighted by atomic mass is 9.93. The van der Waals surface area contributed by atoms with E-state index < -0.39 is 0 Å². The minimum Gasteiger partial charge on any atom is -0.495 e. The summed E-state index contributed by atoms with van der Waals surface area (Å²) in [5.74, 6) is 0.435. The van der Waals surface area contributed by atoms with Gasteiger partial charge in [-0.2, -0.15) is 0 Å². The van der Waals surface area contributed by atoms with Crippen LogP contribution in [0.15, 0.2) is 60.0 Å². The summed E-state index contributed by atoms with van der Waals surface area (Å²) in [7, 11) is 1.57. The van der Waals surface area contributed by atoms with Gasteiger partial charge in [0.05, 0.1) is 18.8 Å². The van der Waals surface area contributed by atoms with Gasteiger partial charge in [0.2, 0.25) is 5.91 Å². The van der Waals surface area contributed by atoms with E-state index in [-0.39, 0.29) is 29.8 Å². The molecule has 3 aromatic rings. The first-order chi connectivity index (χ1) is 18.4. The number of methoxy groups -OCH3 is 1. The molecule has 0 radical (unpaired) electrons. The number of anilines is 1. The van der Waals surface area contributed by atoms with E-state index in [4.69, 9.17) is 4.74 Å². The van der Waals surface area contributed by atoms with Crippen LogP contribution in [0.4, 0.5) is 14.9 Å². The van der Waals surface area contributed by atoms with Crippen LogP contribution in [-0.2, 0) is 11.2 Å². The van der Waals surface area contributed by atoms with Gasteiger partial charge in [0.1, 0.15) is 11.6 Å². The number of hydrogen-bond acceptors (Lipinski definition) is 5. The molecule has 3 amide bonds. The van der Waals surface area contributed by atoms with Gasteiger partial charge in [-0.05, 0) is 60.2 Å². The highest BCUT2D eigenvalue weighted by molar-refractivity contribution is 7.10. The van der Waals surface area contributed by atoms with Crippen LogP contribution in [0.25, 0.3) is 0 Å². The number of halogens is 1. The first-order valence-corrected chi connectivity index (χ1v) is 13.9. The summed E-state index contributed by atoms with van der Waals surface area (Å²) in [6.07, 6.45) is 1.31. The number of carbonyl (C=O) groups is 2. The highest BCUT2D eigenvalue weighted by Gasteiger charge is 2.33. The van der Waals surface area contributed by atoms with Crippen LogP contribution in [0, 0.1) is 5.82 Å². The van der Waals surface area contributed by atoms with Crippen LogP contribution in [0.2, 0.25) is 0 Å². The number of rotatable bonds is 6. The Morgan fingerprint density at radius 1 is 1.11 bits per heavy atom. The standard InChI is InChI=1S/C29H33FN4O3S/c1-20-19-33(15-16-34(20)29(36)31-24-8-3-4-9-25(24)37-2)27(35)11-14-32-13-10-26-23(12-17-38-26)28(32)21-6-5-7-22(30)18-21/h3-9,12,17-18,20,28H,10-11,13-16,19H2,1-2H3,(H,31,36)/t20-,28+/m0/s1. The molecule has 0 spiro atoms. The number of urea groups is 1. The third kappa shape index (κ3) is 5.54. The molecule has 200 valence electrons. The monoisotopic (exact) mass is 536 g/mol. The predicted octanol–water partition coefficient (Wildman–Crippen LogP) is 5.00. The molecule has 5 rings (SSSR count). The van der Waals surface area contributed by atoms with Crippen molar-refractivity contribution in [1.29, 1.82) is 0 Å². The molecule has 9 heteroatoms. The molecule has 0 saturated carbocycles. The van der Waals surface area contributed by atoms with Crippen molar-refractivity contribution >= 4 is 29.0 Å². The molecule has 38 heavy (non-hydrogen) atoms. The highest BCUT2D eigenvalue weighted by atomic mass is 32.1. The Bertz CT molecular complexity index is 1300. The second kappa shape index (κ2) is 11.5. The van der Waals surface area contributed by atoms with Gasteiger partial charge in [0.25, 0.3) is 0 Å². The van der Waals surface area contributed by atoms with Crippen LogP contribution in [-0.4, -0.2) is 72.5 Å². The average molecular weight is 537 g/mol. The number of nitrogens with one attached hydrogen (secondary N) is 1. The maximum atomic E-state index is 14.1. The molecule has 2 aliphatic rings. The van der Waals surface area contributed by atoms with Gasteiger partial charge in [0, 0.05) is 50.1 Å². The zero-order chi connectivity index (χ0) is 26.6. The van der Waals surface area contributed by atoms with E-state index in [9.17, 15) is 14.0 Å². The van der Waals surface area contributed by atoms with Crippen LogP contribution in [0.5, 0.6) is 5.75 Å². The number of amides is 3. The summed E-state index contributed by atoms with van der Waals surface area (Å²) in [6, 6.07) is 15.8. The molecule has 0 bridgehead atoms. The quantitative estimate of drug-likeness (QED) is 0.482. The van der Waals surface area contributed by atoms with E-state index >= 15 is 0 Å². The Morgan fingerprint density at radius 3 is 2.74 bits per heavy atom. The number of hydrogen-bond donors (Lipinski definition) is 1. The van der Waals surface area contributed by atoms with Gasteiger partial charge in [-0.25, -0.2) is 9.18 Å². The largest absolute Gasteiger partial charge is 0.495 e. The van der Waals surface area contributed by atoms with Crippen molar-refractivity contribution in [2.24, 2.45) is 0 Å². The van der Waals surface area contributed by atoms with Crippen LogP contribution >= 0.6 is 11.3 Å². The molecule has 1 aromatic heterocycles. The van der Waals surface area contributed by atoms with E-state index in [1.165, 1.54) is 16.5 Å². The minimum absolute atomic E-state index is 0.0528. The Balaban J connectivity index is 1.19. The van der Waals surface area contributed by atoms with Gasteiger partial charge in [-0.3, -0.25) is 9.69 Å². The number of ether oxygens (including phenoxy) is 1. The molecular formula is C29H33FN4O3S. The first kappa shape index (κ1) is 26.2. The lowest BCUT2D eigenvalue weighted by Crippen LogP contribution is -2.56. The Labute approximate surface area is 226 Å². The lowest BCUT2D eigenvalue weighted by Gasteiger charge is -2.40. The molecule has 0 unspecified atom stereocenters. The number of fused-ring (bicyclic) bond motifs is 1. The van der Waals surface area contributed by atoms with Crippen molar-refractivity contribution < 1.29 is 18.7 Å². The van der Waals surface area contributed by atoms with Gasteiger partial charge in [-0.1, -0.05) is 24.3 Å². The van der Waals surface area contributed by atoms with Crippen LogP contribution in [0.1, 0.15) is 35.4 Å². The number of piperazine rings is 1. The van der Waals surface area contributed by atoms with Gasteiger partial charge >= 0.3 is 6.03 Å². The van der Waals surface area contributed by atoms with Crippen molar-refractivity contribution in [1.82, 2.24) is 14.7 Å². The van der Waals surface area contributed by atoms with Crippen molar-refractivity contribution in [2.45, 2.75) is 31.8 Å². The minimum atomic E-state index is -0.248. The summed E-state index contributed by atoms with van der Waals surface area (Å²) >= 11 is 1.74. The van der Waals surface area contributed by atoms with E-state index in [1.54, 1.807) is 47.6 Å². The zero-order valence-corrected chi connectivity index (χ0v) is 22.5. The fraction of sp³-hybridized carbons (Fsp3) is 0.379. The first-order valence-electron chi connectivity index (χ1n) is 13.0. The summed E-state index contributed by atoms with van der Waals surface area (Å²) in [5, 5.41) is 5.02. The summed E-state index contributed by atoms with van der Waals surface area (Å²) in [4.78, 5) is 33.4. The van der Waals surface area contributed by atoms with Crippen LogP contribution in [0.3, 0.4) is 0 Å². The van der Waals surface area contributed by atoms with Crippen LogP contribution < -0.4 is 10.1 Å². The molecular weight excluding hydrogens is 503 g/mol. The van der Waals surface area contributed by atoms with E-state index in [0.717, 1.165) is 18.5 Å². The van der Waals surface area contributed by atoms with Crippen molar-refractivity contribution in [3.8, 4) is 5.75 Å². The second-order valence-corrected chi connectivity index (χ2v) is 10.8. The molecule has 7 nitrogen and oxygen atoms in total. The second-order valence-electron chi connectivity index (χ2n) is 9.81. The van der Waals surface area contributed by atoms with Crippen molar-refractivity contribution in [2.75, 3.05) is 45.2 Å². The normalized spacial score (nSPS) is 19.7. The lowest BCUT2D eigenvalue weighted by molar-refractivity contribution is -0.134. The molecule has 1 saturated heterocycles. The Hall–Kier alpha value is -3.43. The maximum absolute atomic E-state index is 14.1. The number of nitrogens with zero attached hydrogens (tertiary/aromatic N) is 3. The molecule has 1 N–H and O–H groups in total. The smallest absolute Gasteiger partial charge is 0.322 e. The number of para-hydroxylation sites is 2. The fourth-order valence-electron chi connectivity index (χ4n) is 5.49. The van der Waals surface area contributed by atoms with Crippen molar-refractivity contribution in [3.63, 3.8) is 0 Å². The molecule has 3 heterocycles. The van der Waals surface area contributed by atoms with Gasteiger partial charge in [0.15, 0.2) is 0 Å². The van der Waals surface area contributed by atoms with Gasteiger partial charge < -0.3 is 19.9 Å². The van der Waals surface area contributed by atoms with E-state index in [2.05, 4.69) is 21.7 Å². The highest BCUT2D eigenvalue weighted by Crippen LogP contribution is 2.38. The molecule has 2 aromatic carbocycles. The predicted molar refractivity (Wildman–Crippen MR) is 147 cm³/mol. The number of thiophene rings is 1. The summed E-state index contributed by atoms with van der Waals surface area (Å²) in [6.45, 7) is 4.82. The van der Waals surface area contributed by atoms with E-state index in [0.29, 0.717) is 44.0 Å².